The second kappa shape index (κ2) is 5.01. The fourth-order valence-electron chi connectivity index (χ4n) is 2.65. The zero-order valence-corrected chi connectivity index (χ0v) is 11.8. The summed E-state index contributed by atoms with van der Waals surface area (Å²) in [5.41, 5.74) is 2.47. The monoisotopic (exact) mass is 281 g/mol. The highest BCUT2D eigenvalue weighted by Gasteiger charge is 2.19. The minimum absolute atomic E-state index is 0.0137. The Kier molecular flexibility index (Phi) is 3.17. The molecule has 0 saturated carbocycles. The van der Waals surface area contributed by atoms with Gasteiger partial charge in [0.2, 0.25) is 0 Å². The summed E-state index contributed by atoms with van der Waals surface area (Å²) in [5, 5.41) is 9.28. The number of nitrogens with zero attached hydrogens (tertiary/aromatic N) is 3. The van der Waals surface area contributed by atoms with Crippen LogP contribution in [-0.2, 0) is 0 Å². The number of aryl methyl sites for hydroxylation is 1. The molecule has 0 spiro atoms. The van der Waals surface area contributed by atoms with Crippen molar-refractivity contribution in [2.24, 2.45) is 0 Å². The van der Waals surface area contributed by atoms with Gasteiger partial charge in [0.05, 0.1) is 22.8 Å². The van der Waals surface area contributed by atoms with Gasteiger partial charge in [-0.2, -0.15) is 0 Å². The lowest BCUT2D eigenvalue weighted by Gasteiger charge is -2.15. The van der Waals surface area contributed by atoms with Crippen LogP contribution >= 0.6 is 0 Å². The van der Waals surface area contributed by atoms with Gasteiger partial charge in [-0.25, -0.2) is 9.78 Å². The molecule has 106 valence electrons. The van der Waals surface area contributed by atoms with Crippen LogP contribution < -0.4 is 0 Å². The molecule has 3 aromatic rings. The number of carboxylic acids is 1. The van der Waals surface area contributed by atoms with E-state index in [4.69, 9.17) is 0 Å². The van der Waals surface area contributed by atoms with Crippen LogP contribution in [0.2, 0.25) is 0 Å². The highest BCUT2D eigenvalue weighted by molar-refractivity contribution is 6.01. The highest BCUT2D eigenvalue weighted by atomic mass is 16.4. The lowest BCUT2D eigenvalue weighted by Crippen LogP contribution is -2.10. The number of hydrogen-bond donors (Lipinski definition) is 1. The molecule has 0 amide bonds. The van der Waals surface area contributed by atoms with Gasteiger partial charge in [-0.3, -0.25) is 4.98 Å². The van der Waals surface area contributed by atoms with E-state index in [-0.39, 0.29) is 11.6 Å². The molecule has 21 heavy (non-hydrogen) atoms. The number of aromatic carboxylic acids is 1. The van der Waals surface area contributed by atoms with Crippen molar-refractivity contribution in [3.05, 3.63) is 59.7 Å². The predicted molar refractivity (Wildman–Crippen MR) is 79.5 cm³/mol. The van der Waals surface area contributed by atoms with Crippen molar-refractivity contribution in [1.82, 2.24) is 14.5 Å². The van der Waals surface area contributed by atoms with E-state index in [1.807, 2.05) is 42.7 Å². The van der Waals surface area contributed by atoms with Crippen molar-refractivity contribution in [1.29, 1.82) is 0 Å². The maximum atomic E-state index is 11.3. The molecule has 0 fully saturated rings. The van der Waals surface area contributed by atoms with E-state index in [1.165, 1.54) is 0 Å². The second-order valence-electron chi connectivity index (χ2n) is 4.94. The summed E-state index contributed by atoms with van der Waals surface area (Å²) in [6.45, 7) is 3.91. The second-order valence-corrected chi connectivity index (χ2v) is 4.94. The molecule has 1 N–H and O–H groups in total. The Morgan fingerprint density at radius 2 is 2.05 bits per heavy atom. The maximum Gasteiger partial charge on any atom is 0.337 e. The van der Waals surface area contributed by atoms with Crippen LogP contribution in [0.15, 0.2) is 42.6 Å². The number of rotatable bonds is 3. The molecule has 0 aliphatic rings. The van der Waals surface area contributed by atoms with Gasteiger partial charge in [-0.05, 0) is 38.1 Å². The first kappa shape index (κ1) is 13.3. The Labute approximate surface area is 121 Å². The van der Waals surface area contributed by atoms with Gasteiger partial charge in [0.25, 0.3) is 0 Å². The summed E-state index contributed by atoms with van der Waals surface area (Å²) in [6.07, 6.45) is 1.75. The third kappa shape index (κ3) is 2.16. The Bertz CT molecular complexity index is 809. The minimum atomic E-state index is -0.962. The molecule has 0 radical (unpaired) electrons. The first-order valence-electron chi connectivity index (χ1n) is 6.71. The van der Waals surface area contributed by atoms with E-state index in [2.05, 4.69) is 9.97 Å². The summed E-state index contributed by atoms with van der Waals surface area (Å²) in [5.74, 6) is -0.187. The number of carboxylic acid groups (broad SMARTS) is 1. The van der Waals surface area contributed by atoms with Gasteiger partial charge in [0.15, 0.2) is 0 Å². The number of para-hydroxylation sites is 1. The predicted octanol–water partition coefficient (Wildman–Crippen LogP) is 3.05. The molecule has 0 aliphatic carbocycles. The van der Waals surface area contributed by atoms with Crippen LogP contribution in [0.3, 0.4) is 0 Å². The van der Waals surface area contributed by atoms with Crippen molar-refractivity contribution < 1.29 is 9.90 Å². The number of carbonyl (C=O) groups is 1. The quantitative estimate of drug-likeness (QED) is 0.801. The van der Waals surface area contributed by atoms with E-state index >= 15 is 0 Å². The van der Waals surface area contributed by atoms with Gasteiger partial charge in [-0.1, -0.05) is 12.1 Å². The molecule has 2 heterocycles. The lowest BCUT2D eigenvalue weighted by atomic mass is 10.1. The minimum Gasteiger partial charge on any atom is -0.478 e. The molecular weight excluding hydrogens is 266 g/mol. The van der Waals surface area contributed by atoms with Gasteiger partial charge < -0.3 is 9.67 Å². The van der Waals surface area contributed by atoms with Crippen LogP contribution in [0.1, 0.15) is 34.8 Å². The van der Waals surface area contributed by atoms with Crippen LogP contribution in [0.4, 0.5) is 0 Å². The molecule has 3 rings (SSSR count). The Morgan fingerprint density at radius 1 is 1.24 bits per heavy atom. The van der Waals surface area contributed by atoms with Crippen molar-refractivity contribution in [3.63, 3.8) is 0 Å². The third-order valence-electron chi connectivity index (χ3n) is 3.63. The summed E-state index contributed by atoms with van der Waals surface area (Å²) < 4.78 is 2.02. The summed E-state index contributed by atoms with van der Waals surface area (Å²) in [6, 6.07) is 11.0. The molecule has 5 nitrogen and oxygen atoms in total. The Hall–Kier alpha value is -2.69. The maximum absolute atomic E-state index is 11.3. The van der Waals surface area contributed by atoms with Crippen LogP contribution in [-0.4, -0.2) is 25.6 Å². The standard InChI is InChI=1S/C16H15N3O2/c1-10(13-7-3-4-9-17-13)19-11(2)18-15-12(16(20)21)6-5-8-14(15)19/h3-10H,1-2H3,(H,20,21). The number of aromatic nitrogens is 3. The average molecular weight is 281 g/mol. The van der Waals surface area contributed by atoms with Crippen molar-refractivity contribution in [2.75, 3.05) is 0 Å². The Balaban J connectivity index is 2.22. The van der Waals surface area contributed by atoms with Gasteiger partial charge in [-0.15, -0.1) is 0 Å². The van der Waals surface area contributed by atoms with E-state index in [9.17, 15) is 9.90 Å². The molecule has 0 bridgehead atoms. The van der Waals surface area contributed by atoms with Gasteiger partial charge in [0.1, 0.15) is 11.3 Å². The van der Waals surface area contributed by atoms with Crippen LogP contribution in [0, 0.1) is 6.92 Å². The third-order valence-corrected chi connectivity index (χ3v) is 3.63. The summed E-state index contributed by atoms with van der Waals surface area (Å²) in [4.78, 5) is 20.1. The fraction of sp³-hybridized carbons (Fsp3) is 0.188. The smallest absolute Gasteiger partial charge is 0.337 e. The Morgan fingerprint density at radius 3 is 2.71 bits per heavy atom. The molecule has 1 unspecified atom stereocenters. The summed E-state index contributed by atoms with van der Waals surface area (Å²) in [7, 11) is 0. The molecule has 0 aliphatic heterocycles. The first-order valence-corrected chi connectivity index (χ1v) is 6.71. The highest BCUT2D eigenvalue weighted by Crippen LogP contribution is 2.26. The van der Waals surface area contributed by atoms with E-state index in [1.54, 1.807) is 18.3 Å². The zero-order chi connectivity index (χ0) is 15.0. The SMILES string of the molecule is Cc1nc2c(C(=O)O)cccc2n1C(C)c1ccccn1. The molecule has 0 saturated heterocycles. The molecule has 2 aromatic heterocycles. The molecule has 1 atom stereocenters. The van der Waals surface area contributed by atoms with Crippen molar-refractivity contribution in [3.8, 4) is 0 Å². The number of benzene rings is 1. The topological polar surface area (TPSA) is 68.0 Å². The molecular formula is C16H15N3O2. The fourth-order valence-corrected chi connectivity index (χ4v) is 2.65. The number of imidazole rings is 1. The lowest BCUT2D eigenvalue weighted by molar-refractivity contribution is 0.0699. The van der Waals surface area contributed by atoms with Gasteiger partial charge in [0, 0.05) is 6.20 Å². The van der Waals surface area contributed by atoms with Gasteiger partial charge >= 0.3 is 5.97 Å². The van der Waals surface area contributed by atoms with Crippen molar-refractivity contribution >= 4 is 17.0 Å². The van der Waals surface area contributed by atoms with Crippen LogP contribution in [0.5, 0.6) is 0 Å². The molecule has 1 aromatic carbocycles. The largest absolute Gasteiger partial charge is 0.478 e. The number of hydrogen-bond acceptors (Lipinski definition) is 3. The molecule has 5 heteroatoms. The zero-order valence-electron chi connectivity index (χ0n) is 11.8. The number of fused-ring (bicyclic) bond motifs is 1. The van der Waals surface area contributed by atoms with Crippen molar-refractivity contribution in [2.45, 2.75) is 19.9 Å². The summed E-state index contributed by atoms with van der Waals surface area (Å²) >= 11 is 0. The normalized spacial score (nSPS) is 12.5. The van der Waals surface area contributed by atoms with E-state index in [0.717, 1.165) is 17.0 Å². The van der Waals surface area contributed by atoms with Crippen LogP contribution in [0.25, 0.3) is 11.0 Å². The first-order chi connectivity index (χ1) is 10.1. The number of pyridine rings is 1. The van der Waals surface area contributed by atoms with E-state index < -0.39 is 5.97 Å². The average Bonchev–Trinajstić information content (AvgIpc) is 2.82. The van der Waals surface area contributed by atoms with E-state index in [0.29, 0.717) is 5.52 Å².